The average molecular weight is 607 g/mol. The summed E-state index contributed by atoms with van der Waals surface area (Å²) in [6.07, 6.45) is 1.56. The highest BCUT2D eigenvalue weighted by Crippen LogP contribution is 2.36. The standard InChI is InChI=1S/C26H21ClFIN2O4/c1-2-34-23-13-17(11-21(29)24(23)35-15-16-7-9-19(27)10-8-16)12-22-25(32)31(26(33)30-22)14-18-5-3-4-6-20(18)28/h3-13H,2,14-15H2,1H3,(H,30,33)/b22-12+. The molecule has 1 heterocycles. The highest BCUT2D eigenvalue weighted by atomic mass is 127. The normalized spacial score (nSPS) is 14.4. The van der Waals surface area contributed by atoms with Crippen molar-refractivity contribution in [3.63, 3.8) is 0 Å². The third kappa shape index (κ3) is 5.94. The number of benzene rings is 3. The molecule has 0 bridgehead atoms. The lowest BCUT2D eigenvalue weighted by Gasteiger charge is -2.15. The molecule has 1 saturated heterocycles. The fourth-order valence-electron chi connectivity index (χ4n) is 3.49. The Labute approximate surface area is 220 Å². The first kappa shape index (κ1) is 25.0. The summed E-state index contributed by atoms with van der Waals surface area (Å²) in [5, 5.41) is 3.22. The van der Waals surface area contributed by atoms with Gasteiger partial charge in [0.2, 0.25) is 0 Å². The molecule has 1 fully saturated rings. The SMILES string of the molecule is CCOc1cc(/C=C2/NC(=O)N(Cc3ccccc3F)C2=O)cc(I)c1OCc1ccc(Cl)cc1. The number of nitrogens with one attached hydrogen (secondary N) is 1. The van der Waals surface area contributed by atoms with E-state index in [9.17, 15) is 14.0 Å². The van der Waals surface area contributed by atoms with Crippen LogP contribution in [0.3, 0.4) is 0 Å². The van der Waals surface area contributed by atoms with E-state index in [4.69, 9.17) is 21.1 Å². The van der Waals surface area contributed by atoms with Crippen LogP contribution in [0.25, 0.3) is 6.08 Å². The summed E-state index contributed by atoms with van der Waals surface area (Å²) in [5.74, 6) is 0.0811. The molecular weight excluding hydrogens is 586 g/mol. The smallest absolute Gasteiger partial charge is 0.329 e. The zero-order valence-electron chi connectivity index (χ0n) is 18.7. The van der Waals surface area contributed by atoms with E-state index in [1.54, 1.807) is 36.4 Å². The molecule has 180 valence electrons. The predicted octanol–water partition coefficient (Wildman–Crippen LogP) is 6.15. The molecule has 3 amide bonds. The molecule has 6 nitrogen and oxygen atoms in total. The van der Waals surface area contributed by atoms with Crippen molar-refractivity contribution in [3.8, 4) is 11.5 Å². The Balaban J connectivity index is 1.55. The Bertz CT molecular complexity index is 1300. The maximum absolute atomic E-state index is 14.0. The molecule has 0 radical (unpaired) electrons. The van der Waals surface area contributed by atoms with Gasteiger partial charge in [-0.3, -0.25) is 9.69 Å². The quantitative estimate of drug-likeness (QED) is 0.190. The van der Waals surface area contributed by atoms with Gasteiger partial charge in [0, 0.05) is 10.6 Å². The van der Waals surface area contributed by atoms with Crippen LogP contribution in [0.5, 0.6) is 11.5 Å². The van der Waals surface area contributed by atoms with Crippen molar-refractivity contribution in [3.05, 3.63) is 97.5 Å². The van der Waals surface area contributed by atoms with Crippen molar-refractivity contribution in [1.82, 2.24) is 10.2 Å². The predicted molar refractivity (Wildman–Crippen MR) is 140 cm³/mol. The molecule has 0 unspecified atom stereocenters. The number of amides is 3. The lowest BCUT2D eigenvalue weighted by Crippen LogP contribution is -2.30. The number of hydrogen-bond donors (Lipinski definition) is 1. The molecule has 0 aliphatic carbocycles. The van der Waals surface area contributed by atoms with Gasteiger partial charge in [-0.1, -0.05) is 41.9 Å². The zero-order valence-corrected chi connectivity index (χ0v) is 21.6. The third-order valence-corrected chi connectivity index (χ3v) is 6.24. The van der Waals surface area contributed by atoms with E-state index >= 15 is 0 Å². The second kappa shape index (κ2) is 11.1. The third-order valence-electron chi connectivity index (χ3n) is 5.19. The van der Waals surface area contributed by atoms with Crippen LogP contribution >= 0.6 is 34.2 Å². The summed E-state index contributed by atoms with van der Waals surface area (Å²) in [4.78, 5) is 26.2. The van der Waals surface area contributed by atoms with E-state index in [1.165, 1.54) is 12.1 Å². The number of carbonyl (C=O) groups excluding carboxylic acids is 2. The highest BCUT2D eigenvalue weighted by molar-refractivity contribution is 14.1. The van der Waals surface area contributed by atoms with Crippen LogP contribution in [0.2, 0.25) is 5.02 Å². The molecule has 1 aliphatic rings. The van der Waals surface area contributed by atoms with Crippen molar-refractivity contribution in [1.29, 1.82) is 0 Å². The second-order valence-corrected chi connectivity index (χ2v) is 9.25. The molecule has 1 aliphatic heterocycles. The zero-order chi connectivity index (χ0) is 24.9. The summed E-state index contributed by atoms with van der Waals surface area (Å²) in [6, 6.07) is 16.4. The van der Waals surface area contributed by atoms with Gasteiger partial charge in [0.05, 0.1) is 16.7 Å². The molecule has 3 aromatic rings. The first-order valence-corrected chi connectivity index (χ1v) is 12.2. The van der Waals surface area contributed by atoms with E-state index in [-0.39, 0.29) is 17.8 Å². The number of hydrogen-bond acceptors (Lipinski definition) is 4. The van der Waals surface area contributed by atoms with Gasteiger partial charge in [-0.25, -0.2) is 9.18 Å². The summed E-state index contributed by atoms with van der Waals surface area (Å²) in [7, 11) is 0. The molecular formula is C26H21ClFIN2O4. The molecule has 0 saturated carbocycles. The van der Waals surface area contributed by atoms with E-state index in [0.29, 0.717) is 35.3 Å². The van der Waals surface area contributed by atoms with Crippen molar-refractivity contribution in [2.24, 2.45) is 0 Å². The van der Waals surface area contributed by atoms with Gasteiger partial charge < -0.3 is 14.8 Å². The maximum atomic E-state index is 14.0. The van der Waals surface area contributed by atoms with E-state index < -0.39 is 17.8 Å². The molecule has 9 heteroatoms. The number of halogens is 3. The van der Waals surface area contributed by atoms with Crippen LogP contribution in [0.15, 0.2) is 66.4 Å². The average Bonchev–Trinajstić information content (AvgIpc) is 3.08. The number of nitrogens with zero attached hydrogens (tertiary/aromatic N) is 1. The minimum absolute atomic E-state index is 0.0967. The first-order chi connectivity index (χ1) is 16.9. The maximum Gasteiger partial charge on any atom is 0.329 e. The molecule has 0 atom stereocenters. The van der Waals surface area contributed by atoms with Crippen LogP contribution in [0.4, 0.5) is 9.18 Å². The largest absolute Gasteiger partial charge is 0.490 e. The highest BCUT2D eigenvalue weighted by Gasteiger charge is 2.34. The van der Waals surface area contributed by atoms with Crippen molar-refractivity contribution >= 4 is 52.2 Å². The summed E-state index contributed by atoms with van der Waals surface area (Å²) >= 11 is 8.08. The van der Waals surface area contributed by atoms with E-state index in [1.807, 2.05) is 25.1 Å². The lowest BCUT2D eigenvalue weighted by molar-refractivity contribution is -0.123. The van der Waals surface area contributed by atoms with Gasteiger partial charge in [-0.2, -0.15) is 0 Å². The molecule has 35 heavy (non-hydrogen) atoms. The molecule has 1 N–H and O–H groups in total. The Kier molecular flexibility index (Phi) is 7.92. The van der Waals surface area contributed by atoms with Crippen LogP contribution < -0.4 is 14.8 Å². The Morgan fingerprint density at radius 1 is 1.09 bits per heavy atom. The van der Waals surface area contributed by atoms with Crippen LogP contribution in [0, 0.1) is 9.39 Å². The summed E-state index contributed by atoms with van der Waals surface area (Å²) < 4.78 is 26.6. The summed E-state index contributed by atoms with van der Waals surface area (Å²) in [6.45, 7) is 2.45. The van der Waals surface area contributed by atoms with Crippen LogP contribution in [-0.4, -0.2) is 23.4 Å². The summed E-state index contributed by atoms with van der Waals surface area (Å²) in [5.41, 5.74) is 1.95. The number of imide groups is 1. The van der Waals surface area contributed by atoms with Crippen LogP contribution in [0.1, 0.15) is 23.6 Å². The fourth-order valence-corrected chi connectivity index (χ4v) is 4.40. The monoisotopic (exact) mass is 606 g/mol. The van der Waals surface area contributed by atoms with Crippen molar-refractivity contribution in [2.75, 3.05) is 6.61 Å². The van der Waals surface area contributed by atoms with Crippen LogP contribution in [-0.2, 0) is 17.9 Å². The van der Waals surface area contributed by atoms with Crippen molar-refractivity contribution in [2.45, 2.75) is 20.1 Å². The van der Waals surface area contributed by atoms with Gasteiger partial charge in [0.25, 0.3) is 5.91 Å². The topological polar surface area (TPSA) is 67.9 Å². The van der Waals surface area contributed by atoms with Gasteiger partial charge in [-0.05, 0) is 77.0 Å². The minimum Gasteiger partial charge on any atom is -0.490 e. The fraction of sp³-hybridized carbons (Fsp3) is 0.154. The lowest BCUT2D eigenvalue weighted by atomic mass is 10.1. The molecule has 4 rings (SSSR count). The number of urea groups is 1. The molecule has 3 aromatic carbocycles. The Hall–Kier alpha value is -3.11. The van der Waals surface area contributed by atoms with Gasteiger partial charge >= 0.3 is 6.03 Å². The Morgan fingerprint density at radius 3 is 2.54 bits per heavy atom. The molecule has 0 spiro atoms. The van der Waals surface area contributed by atoms with E-state index in [0.717, 1.165) is 14.0 Å². The molecule has 0 aromatic heterocycles. The first-order valence-electron chi connectivity index (χ1n) is 10.8. The minimum atomic E-state index is -0.604. The van der Waals surface area contributed by atoms with Gasteiger partial charge in [0.1, 0.15) is 18.1 Å². The van der Waals surface area contributed by atoms with Gasteiger partial charge in [-0.15, -0.1) is 0 Å². The number of rotatable bonds is 8. The van der Waals surface area contributed by atoms with Crippen molar-refractivity contribution < 1.29 is 23.5 Å². The number of ether oxygens (including phenoxy) is 2. The second-order valence-electron chi connectivity index (χ2n) is 7.65. The number of carbonyl (C=O) groups is 2. The van der Waals surface area contributed by atoms with E-state index in [2.05, 4.69) is 27.9 Å². The Morgan fingerprint density at radius 2 is 1.83 bits per heavy atom. The van der Waals surface area contributed by atoms with Gasteiger partial charge in [0.15, 0.2) is 11.5 Å².